The number of ketones is 1. The number of alkyl halides is 2. The van der Waals surface area contributed by atoms with Crippen LogP contribution in [0.1, 0.15) is 64.7 Å². The van der Waals surface area contributed by atoms with E-state index in [0.717, 1.165) is 30.6 Å². The lowest BCUT2D eigenvalue weighted by Gasteiger charge is -2.61. The second-order valence-corrected chi connectivity index (χ2v) is 8.52. The Morgan fingerprint density at radius 3 is 2.21 bits per heavy atom. The van der Waals surface area contributed by atoms with Gasteiger partial charge in [0.1, 0.15) is 0 Å². The summed E-state index contributed by atoms with van der Waals surface area (Å²) in [5.74, 6) is 2.67. The van der Waals surface area contributed by atoms with E-state index in [0.29, 0.717) is 6.42 Å². The van der Waals surface area contributed by atoms with E-state index in [2.05, 4.69) is 6.92 Å². The van der Waals surface area contributed by atoms with E-state index in [1.165, 1.54) is 38.5 Å². The van der Waals surface area contributed by atoms with Gasteiger partial charge in [0.15, 0.2) is 10.1 Å². The summed E-state index contributed by atoms with van der Waals surface area (Å²) in [6.45, 7) is 2.29. The first-order valence-corrected chi connectivity index (χ1v) is 8.65. The van der Waals surface area contributed by atoms with Gasteiger partial charge in [-0.1, -0.05) is 55.8 Å². The Kier molecular flexibility index (Phi) is 3.67. The Hall–Kier alpha value is 0.250. The first-order valence-electron chi connectivity index (χ1n) is 7.89. The highest BCUT2D eigenvalue weighted by atomic mass is 35.5. The number of hydrogen-bond donors (Lipinski definition) is 0. The molecule has 0 amide bonds. The minimum atomic E-state index is -1.05. The van der Waals surface area contributed by atoms with Crippen molar-refractivity contribution in [1.29, 1.82) is 0 Å². The van der Waals surface area contributed by atoms with Crippen LogP contribution in [0, 0.1) is 23.2 Å². The molecule has 0 bridgehead atoms. The van der Waals surface area contributed by atoms with Crippen molar-refractivity contribution in [2.45, 2.75) is 69.0 Å². The fourth-order valence-corrected chi connectivity index (χ4v) is 5.33. The lowest BCUT2D eigenvalue weighted by Crippen LogP contribution is -2.64. The van der Waals surface area contributed by atoms with Crippen LogP contribution in [0.4, 0.5) is 0 Å². The monoisotopic (exact) mass is 302 g/mol. The van der Waals surface area contributed by atoms with Crippen LogP contribution < -0.4 is 0 Å². The maximum absolute atomic E-state index is 11.5. The minimum Gasteiger partial charge on any atom is -0.296 e. The summed E-state index contributed by atoms with van der Waals surface area (Å²) in [6.07, 6.45) is 11.1. The van der Waals surface area contributed by atoms with Gasteiger partial charge in [0.05, 0.1) is 0 Å². The van der Waals surface area contributed by atoms with Crippen molar-refractivity contribution >= 4 is 29.0 Å². The molecule has 1 spiro atoms. The van der Waals surface area contributed by atoms with Crippen LogP contribution in [0.25, 0.3) is 0 Å². The molecular weight excluding hydrogens is 279 g/mol. The number of Topliss-reactive ketones (excluding diaryl/α,β-unsaturated/α-hetero) is 1. The number of rotatable bonds is 3. The highest BCUT2D eigenvalue weighted by Gasteiger charge is 2.69. The molecule has 3 aliphatic carbocycles. The molecule has 3 aliphatic rings. The molecule has 3 saturated carbocycles. The molecule has 0 aromatic carbocycles. The summed E-state index contributed by atoms with van der Waals surface area (Å²) >= 11 is 12.4. The van der Waals surface area contributed by atoms with Gasteiger partial charge in [-0.15, -0.1) is 0 Å². The third-order valence-electron chi connectivity index (χ3n) is 6.08. The summed E-state index contributed by atoms with van der Waals surface area (Å²) in [7, 11) is 0. The van der Waals surface area contributed by atoms with Gasteiger partial charge in [-0.05, 0) is 43.4 Å². The van der Waals surface area contributed by atoms with Crippen LogP contribution in [-0.2, 0) is 4.79 Å². The van der Waals surface area contributed by atoms with Crippen molar-refractivity contribution in [2.24, 2.45) is 23.2 Å². The van der Waals surface area contributed by atoms with E-state index >= 15 is 0 Å². The predicted octanol–water partition coefficient (Wildman–Crippen LogP) is 5.14. The normalized spacial score (nSPS) is 44.8. The Labute approximate surface area is 126 Å². The van der Waals surface area contributed by atoms with Gasteiger partial charge in [0.2, 0.25) is 0 Å². The van der Waals surface area contributed by atoms with Crippen LogP contribution in [-0.4, -0.2) is 10.1 Å². The SMILES string of the molecule is CCCC1CCC(C2CC3(CC(=O)C3(Cl)Cl)C2)CC1. The molecule has 3 heteroatoms. The summed E-state index contributed by atoms with van der Waals surface area (Å²) in [6, 6.07) is 0. The molecule has 0 radical (unpaired) electrons. The Balaban J connectivity index is 1.49. The van der Waals surface area contributed by atoms with Gasteiger partial charge in [-0.3, -0.25) is 4.79 Å². The van der Waals surface area contributed by atoms with E-state index in [-0.39, 0.29) is 11.2 Å². The fourth-order valence-electron chi connectivity index (χ4n) is 4.75. The van der Waals surface area contributed by atoms with Gasteiger partial charge in [-0.2, -0.15) is 0 Å². The first kappa shape index (κ1) is 14.2. The molecule has 3 fully saturated rings. The number of halogens is 2. The van der Waals surface area contributed by atoms with E-state index in [1.807, 2.05) is 0 Å². The maximum atomic E-state index is 11.5. The third-order valence-corrected chi connectivity index (χ3v) is 7.30. The Morgan fingerprint density at radius 2 is 1.74 bits per heavy atom. The summed E-state index contributed by atoms with van der Waals surface area (Å²) in [4.78, 5) is 11.5. The van der Waals surface area contributed by atoms with Gasteiger partial charge >= 0.3 is 0 Å². The number of carbonyl (C=O) groups excluding carboxylic acids is 1. The highest BCUT2D eigenvalue weighted by Crippen LogP contribution is 2.68. The van der Waals surface area contributed by atoms with Gasteiger partial charge < -0.3 is 0 Å². The van der Waals surface area contributed by atoms with Crippen molar-refractivity contribution in [2.75, 3.05) is 0 Å². The van der Waals surface area contributed by atoms with Crippen molar-refractivity contribution in [3.8, 4) is 0 Å². The number of hydrogen-bond acceptors (Lipinski definition) is 1. The lowest BCUT2D eigenvalue weighted by atomic mass is 9.47. The van der Waals surface area contributed by atoms with Crippen molar-refractivity contribution < 1.29 is 4.79 Å². The molecule has 0 heterocycles. The second-order valence-electron chi connectivity index (χ2n) is 7.19. The highest BCUT2D eigenvalue weighted by molar-refractivity contribution is 6.61. The van der Waals surface area contributed by atoms with E-state index in [1.54, 1.807) is 0 Å². The Morgan fingerprint density at radius 1 is 1.11 bits per heavy atom. The topological polar surface area (TPSA) is 17.1 Å². The predicted molar refractivity (Wildman–Crippen MR) is 79.6 cm³/mol. The number of carbonyl (C=O) groups is 1. The van der Waals surface area contributed by atoms with Crippen molar-refractivity contribution in [3.63, 3.8) is 0 Å². The second kappa shape index (κ2) is 4.91. The Bertz CT molecular complexity index is 363. The maximum Gasteiger partial charge on any atom is 0.181 e. The van der Waals surface area contributed by atoms with Gasteiger partial charge in [-0.25, -0.2) is 0 Å². The molecule has 0 unspecified atom stereocenters. The summed E-state index contributed by atoms with van der Waals surface area (Å²) < 4.78 is -1.05. The van der Waals surface area contributed by atoms with Crippen LogP contribution >= 0.6 is 23.2 Å². The largest absolute Gasteiger partial charge is 0.296 e. The minimum absolute atomic E-state index is 0.0425. The van der Waals surface area contributed by atoms with Crippen LogP contribution in [0.3, 0.4) is 0 Å². The zero-order chi connectivity index (χ0) is 13.7. The smallest absolute Gasteiger partial charge is 0.181 e. The van der Waals surface area contributed by atoms with Crippen LogP contribution in [0.15, 0.2) is 0 Å². The van der Waals surface area contributed by atoms with Crippen molar-refractivity contribution in [1.82, 2.24) is 0 Å². The molecule has 3 rings (SSSR count). The molecule has 19 heavy (non-hydrogen) atoms. The standard InChI is InChI=1S/C16H24Cl2O/c1-2-3-11-4-6-12(7-5-11)13-8-15(9-13)10-14(19)16(15,17)18/h11-13H,2-10H2,1H3. The molecule has 1 nitrogen and oxygen atoms in total. The van der Waals surface area contributed by atoms with Gasteiger partial charge in [0.25, 0.3) is 0 Å². The van der Waals surface area contributed by atoms with E-state index < -0.39 is 4.33 Å². The third kappa shape index (κ3) is 2.16. The molecule has 0 aliphatic heterocycles. The zero-order valence-corrected chi connectivity index (χ0v) is 13.3. The van der Waals surface area contributed by atoms with Crippen molar-refractivity contribution in [3.05, 3.63) is 0 Å². The van der Waals surface area contributed by atoms with E-state index in [9.17, 15) is 4.79 Å². The lowest BCUT2D eigenvalue weighted by molar-refractivity contribution is -0.148. The summed E-state index contributed by atoms with van der Waals surface area (Å²) in [5.41, 5.74) is -0.0435. The molecule has 0 aromatic rings. The molecular formula is C16H24Cl2O. The molecule has 0 saturated heterocycles. The molecule has 0 N–H and O–H groups in total. The fraction of sp³-hybridized carbons (Fsp3) is 0.938. The van der Waals surface area contributed by atoms with E-state index in [4.69, 9.17) is 23.2 Å². The van der Waals surface area contributed by atoms with Crippen LogP contribution in [0.2, 0.25) is 0 Å². The molecule has 0 aromatic heterocycles. The average molecular weight is 303 g/mol. The zero-order valence-electron chi connectivity index (χ0n) is 11.8. The van der Waals surface area contributed by atoms with Crippen LogP contribution in [0.5, 0.6) is 0 Å². The quantitative estimate of drug-likeness (QED) is 0.660. The first-order chi connectivity index (χ1) is 8.98. The van der Waals surface area contributed by atoms with Gasteiger partial charge in [0, 0.05) is 11.8 Å². The molecule has 108 valence electrons. The average Bonchev–Trinajstić information content (AvgIpc) is 2.34. The summed E-state index contributed by atoms with van der Waals surface area (Å²) in [5, 5.41) is 0. The molecule has 0 atom stereocenters.